The van der Waals surface area contributed by atoms with Crippen LogP contribution in [-0.4, -0.2) is 28.1 Å². The molecule has 72 valence electrons. The van der Waals surface area contributed by atoms with Gasteiger partial charge in [0, 0.05) is 12.1 Å². The summed E-state index contributed by atoms with van der Waals surface area (Å²) in [7, 11) is 0. The zero-order valence-corrected chi connectivity index (χ0v) is 8.15. The number of amides is 1. The number of nitrogens with two attached hydrogens (primary N) is 1. The summed E-state index contributed by atoms with van der Waals surface area (Å²) in [6.07, 6.45) is 3.49. The third-order valence-electron chi connectivity index (χ3n) is 1.50. The lowest BCUT2D eigenvalue weighted by atomic mass is 10.3. The first kappa shape index (κ1) is 9.91. The maximum absolute atomic E-state index is 11.0. The number of hydrogen-bond acceptors (Lipinski definition) is 4. The summed E-state index contributed by atoms with van der Waals surface area (Å²) >= 11 is 1.48. The van der Waals surface area contributed by atoms with E-state index in [1.807, 2.05) is 6.26 Å². The van der Waals surface area contributed by atoms with Crippen LogP contribution in [0.4, 0.5) is 5.82 Å². The van der Waals surface area contributed by atoms with E-state index < -0.39 is 0 Å². The Bertz CT molecular complexity index is 286. The molecule has 13 heavy (non-hydrogen) atoms. The Labute approximate surface area is 80.5 Å². The topological polar surface area (TPSA) is 83.8 Å². The third kappa shape index (κ3) is 2.98. The van der Waals surface area contributed by atoms with E-state index in [4.69, 9.17) is 5.73 Å². The zero-order chi connectivity index (χ0) is 9.68. The van der Waals surface area contributed by atoms with Crippen LogP contribution in [-0.2, 0) is 11.3 Å². The lowest BCUT2D eigenvalue weighted by Gasteiger charge is -2.01. The van der Waals surface area contributed by atoms with Gasteiger partial charge >= 0.3 is 0 Å². The molecule has 0 saturated carbocycles. The molecule has 0 aliphatic rings. The zero-order valence-electron chi connectivity index (χ0n) is 7.33. The fourth-order valence-corrected chi connectivity index (χ4v) is 1.20. The van der Waals surface area contributed by atoms with Crippen molar-refractivity contribution >= 4 is 23.5 Å². The molecule has 0 aromatic carbocycles. The predicted molar refractivity (Wildman–Crippen MR) is 53.2 cm³/mol. The Kier molecular flexibility index (Phi) is 3.63. The van der Waals surface area contributed by atoms with Gasteiger partial charge < -0.3 is 11.1 Å². The van der Waals surface area contributed by atoms with Crippen LogP contribution in [0.3, 0.4) is 0 Å². The van der Waals surface area contributed by atoms with E-state index in [-0.39, 0.29) is 5.91 Å². The molecule has 0 fully saturated rings. The Morgan fingerprint density at radius 3 is 3.15 bits per heavy atom. The van der Waals surface area contributed by atoms with E-state index in [9.17, 15) is 4.79 Å². The highest BCUT2D eigenvalue weighted by Crippen LogP contribution is 2.04. The molecule has 4 N–H and O–H groups in total. The summed E-state index contributed by atoms with van der Waals surface area (Å²) in [5.41, 5.74) is 6.34. The van der Waals surface area contributed by atoms with Crippen molar-refractivity contribution in [3.05, 3.63) is 11.8 Å². The van der Waals surface area contributed by atoms with Crippen LogP contribution in [0, 0.1) is 0 Å². The van der Waals surface area contributed by atoms with E-state index in [1.165, 1.54) is 11.8 Å². The summed E-state index contributed by atoms with van der Waals surface area (Å²) in [4.78, 5) is 11.0. The van der Waals surface area contributed by atoms with E-state index in [2.05, 4.69) is 15.5 Å². The number of nitrogens with one attached hydrogen (secondary N) is 2. The smallest absolute Gasteiger partial charge is 0.230 e. The number of nitrogen functional groups attached to an aromatic ring is 1. The summed E-state index contributed by atoms with van der Waals surface area (Å²) in [6, 6.07) is 0. The van der Waals surface area contributed by atoms with Crippen molar-refractivity contribution < 1.29 is 4.79 Å². The molecule has 0 aliphatic heterocycles. The molecule has 0 spiro atoms. The van der Waals surface area contributed by atoms with Gasteiger partial charge in [0.25, 0.3) is 0 Å². The van der Waals surface area contributed by atoms with Gasteiger partial charge in [-0.2, -0.15) is 16.9 Å². The average molecular weight is 200 g/mol. The number of aromatic amines is 1. The minimum atomic E-state index is 0.00750. The van der Waals surface area contributed by atoms with Gasteiger partial charge in [-0.05, 0) is 6.26 Å². The first-order chi connectivity index (χ1) is 6.24. The third-order valence-corrected chi connectivity index (χ3v) is 2.05. The van der Waals surface area contributed by atoms with Gasteiger partial charge in [-0.3, -0.25) is 9.89 Å². The molecule has 5 nitrogen and oxygen atoms in total. The van der Waals surface area contributed by atoms with Crippen LogP contribution in [0.25, 0.3) is 0 Å². The van der Waals surface area contributed by atoms with Gasteiger partial charge in [-0.1, -0.05) is 0 Å². The molecule has 6 heteroatoms. The second-order valence-electron chi connectivity index (χ2n) is 2.52. The molecule has 0 aliphatic carbocycles. The van der Waals surface area contributed by atoms with Gasteiger partial charge in [0.2, 0.25) is 5.91 Å². The van der Waals surface area contributed by atoms with E-state index in [0.29, 0.717) is 18.1 Å². The van der Waals surface area contributed by atoms with Crippen molar-refractivity contribution in [1.29, 1.82) is 0 Å². The number of rotatable bonds is 4. The molecule has 0 atom stereocenters. The van der Waals surface area contributed by atoms with Crippen molar-refractivity contribution in [3.8, 4) is 0 Å². The highest BCUT2D eigenvalue weighted by molar-refractivity contribution is 7.99. The van der Waals surface area contributed by atoms with Crippen molar-refractivity contribution in [1.82, 2.24) is 15.5 Å². The molecule has 0 unspecified atom stereocenters. The van der Waals surface area contributed by atoms with Gasteiger partial charge in [0.1, 0.15) is 5.82 Å². The average Bonchev–Trinajstić information content (AvgIpc) is 2.48. The number of hydrogen-bond donors (Lipinski definition) is 3. The molecule has 1 amide bonds. The molecule has 0 saturated heterocycles. The first-order valence-electron chi connectivity index (χ1n) is 3.77. The molecule has 1 heterocycles. The van der Waals surface area contributed by atoms with Crippen LogP contribution >= 0.6 is 11.8 Å². The molecule has 0 radical (unpaired) electrons. The second-order valence-corrected chi connectivity index (χ2v) is 3.38. The van der Waals surface area contributed by atoms with E-state index >= 15 is 0 Å². The standard InChI is InChI=1S/C7H12N4OS/c1-13-4-6(12)9-2-5-3-10-11-7(5)8/h3H,2,4H2,1H3,(H,9,12)(H3,8,10,11). The van der Waals surface area contributed by atoms with Gasteiger partial charge in [0.15, 0.2) is 0 Å². The van der Waals surface area contributed by atoms with Gasteiger partial charge in [-0.15, -0.1) is 0 Å². The maximum Gasteiger partial charge on any atom is 0.230 e. The monoisotopic (exact) mass is 200 g/mol. The van der Waals surface area contributed by atoms with E-state index in [1.54, 1.807) is 6.20 Å². The van der Waals surface area contributed by atoms with Crippen LogP contribution in [0.2, 0.25) is 0 Å². The summed E-state index contributed by atoms with van der Waals surface area (Å²) in [5, 5.41) is 9.06. The molecule has 1 rings (SSSR count). The van der Waals surface area contributed by atoms with Crippen LogP contribution < -0.4 is 11.1 Å². The predicted octanol–water partition coefficient (Wildman–Crippen LogP) is -0.0289. The van der Waals surface area contributed by atoms with Crippen molar-refractivity contribution in [3.63, 3.8) is 0 Å². The number of carbonyl (C=O) groups is 1. The highest BCUT2D eigenvalue weighted by Gasteiger charge is 2.03. The van der Waals surface area contributed by atoms with Crippen LogP contribution in [0.5, 0.6) is 0 Å². The fraction of sp³-hybridized carbons (Fsp3) is 0.429. The van der Waals surface area contributed by atoms with Crippen molar-refractivity contribution in [2.75, 3.05) is 17.7 Å². The summed E-state index contributed by atoms with van der Waals surface area (Å²) in [6.45, 7) is 0.432. The van der Waals surface area contributed by atoms with Crippen molar-refractivity contribution in [2.45, 2.75) is 6.54 Å². The number of nitrogens with zero attached hydrogens (tertiary/aromatic N) is 1. The molecule has 1 aromatic rings. The second kappa shape index (κ2) is 4.76. The SMILES string of the molecule is CSCC(=O)NCc1cn[nH]c1N. The summed E-state index contributed by atoms with van der Waals surface area (Å²) in [5.74, 6) is 0.982. The first-order valence-corrected chi connectivity index (χ1v) is 5.16. The Morgan fingerprint density at radius 2 is 2.62 bits per heavy atom. The highest BCUT2D eigenvalue weighted by atomic mass is 32.2. The lowest BCUT2D eigenvalue weighted by Crippen LogP contribution is -2.24. The minimum absolute atomic E-state index is 0.00750. The molecular formula is C7H12N4OS. The lowest BCUT2D eigenvalue weighted by molar-refractivity contribution is -0.118. The Balaban J connectivity index is 2.35. The molecule has 0 bridgehead atoms. The Hall–Kier alpha value is -1.17. The number of anilines is 1. The molecular weight excluding hydrogens is 188 g/mol. The quantitative estimate of drug-likeness (QED) is 0.637. The number of H-pyrrole nitrogens is 1. The van der Waals surface area contributed by atoms with Gasteiger partial charge in [-0.25, -0.2) is 0 Å². The number of thioether (sulfide) groups is 1. The summed E-state index contributed by atoms with van der Waals surface area (Å²) < 4.78 is 0. The number of aromatic nitrogens is 2. The Morgan fingerprint density at radius 1 is 1.85 bits per heavy atom. The minimum Gasteiger partial charge on any atom is -0.384 e. The van der Waals surface area contributed by atoms with Gasteiger partial charge in [0.05, 0.1) is 11.9 Å². The normalized spacial score (nSPS) is 9.92. The maximum atomic E-state index is 11.0. The number of carbonyl (C=O) groups excluding carboxylic acids is 1. The van der Waals surface area contributed by atoms with Crippen molar-refractivity contribution in [2.24, 2.45) is 0 Å². The molecule has 1 aromatic heterocycles. The fourth-order valence-electron chi connectivity index (χ4n) is 0.838. The largest absolute Gasteiger partial charge is 0.384 e. The van der Waals surface area contributed by atoms with Crippen LogP contribution in [0.1, 0.15) is 5.56 Å². The van der Waals surface area contributed by atoms with E-state index in [0.717, 1.165) is 5.56 Å². The van der Waals surface area contributed by atoms with Crippen LogP contribution in [0.15, 0.2) is 6.20 Å².